The summed E-state index contributed by atoms with van der Waals surface area (Å²) in [7, 11) is 1.48. The first-order chi connectivity index (χ1) is 18.4. The molecule has 0 bridgehead atoms. The van der Waals surface area contributed by atoms with Gasteiger partial charge in [-0.1, -0.05) is 57.5 Å². The molecule has 2 aromatic carbocycles. The summed E-state index contributed by atoms with van der Waals surface area (Å²) in [5.41, 5.74) is 2.38. The Bertz CT molecular complexity index is 1110. The summed E-state index contributed by atoms with van der Waals surface area (Å²) in [6.07, 6.45) is 3.79. The van der Waals surface area contributed by atoms with Gasteiger partial charge in [-0.25, -0.2) is 9.59 Å². The first-order valence-electron chi connectivity index (χ1n) is 12.7. The van der Waals surface area contributed by atoms with E-state index < -0.39 is 24.8 Å². The van der Waals surface area contributed by atoms with Crippen LogP contribution in [0.15, 0.2) is 66.8 Å². The zero-order valence-electron chi connectivity index (χ0n) is 22.1. The summed E-state index contributed by atoms with van der Waals surface area (Å²) in [6, 6.07) is 12.3. The van der Waals surface area contributed by atoms with E-state index in [-0.39, 0.29) is 23.5 Å². The van der Waals surface area contributed by atoms with Gasteiger partial charge in [0.05, 0.1) is 43.1 Å². The molecule has 2 aromatic rings. The molecule has 8 heteroatoms. The Morgan fingerprint density at radius 3 is 2.24 bits per heavy atom. The molecule has 1 aliphatic heterocycles. The number of rotatable bonds is 13. The normalized spacial score (nSPS) is 17.0. The van der Waals surface area contributed by atoms with Gasteiger partial charge in [-0.15, -0.1) is 0 Å². The van der Waals surface area contributed by atoms with Crippen LogP contribution in [0.3, 0.4) is 0 Å². The fraction of sp³-hybridized carbons (Fsp3) is 0.400. The lowest BCUT2D eigenvalue weighted by Gasteiger charge is -2.30. The van der Waals surface area contributed by atoms with Crippen LogP contribution < -0.4 is 9.47 Å². The van der Waals surface area contributed by atoms with E-state index in [1.54, 1.807) is 24.3 Å². The van der Waals surface area contributed by atoms with Crippen LogP contribution in [0.5, 0.6) is 11.5 Å². The number of hydrogen-bond donors (Lipinski definition) is 1. The van der Waals surface area contributed by atoms with E-state index in [2.05, 4.69) is 20.1 Å². The van der Waals surface area contributed by atoms with Crippen molar-refractivity contribution in [2.75, 3.05) is 33.5 Å². The van der Waals surface area contributed by atoms with Gasteiger partial charge >= 0.3 is 11.9 Å². The number of aliphatic hydroxyl groups excluding tert-OH is 1. The molecule has 0 aromatic heterocycles. The second kappa shape index (κ2) is 14.6. The first kappa shape index (κ1) is 29.3. The smallest absolute Gasteiger partial charge is 0.341 e. The SMILES string of the molecule is C=C(COC)C(=O)Oc1ccc(-c2ccc(OC(=O)C(=C)CO)c(C3OCC(CCCCC)CO3)c2)cc1. The molecular weight excluding hydrogens is 488 g/mol. The van der Waals surface area contributed by atoms with Crippen LogP contribution in [0.4, 0.5) is 0 Å². The van der Waals surface area contributed by atoms with Crippen LogP contribution in [0, 0.1) is 5.92 Å². The third kappa shape index (κ3) is 8.10. The zero-order chi connectivity index (χ0) is 27.5. The van der Waals surface area contributed by atoms with Gasteiger partial charge in [0.25, 0.3) is 0 Å². The number of unbranched alkanes of at least 4 members (excludes halogenated alkanes) is 2. The number of aliphatic hydroxyl groups is 1. The minimum Gasteiger partial charge on any atom is -0.423 e. The molecule has 0 aliphatic carbocycles. The van der Waals surface area contributed by atoms with Crippen molar-refractivity contribution in [2.24, 2.45) is 5.92 Å². The van der Waals surface area contributed by atoms with E-state index in [4.69, 9.17) is 23.7 Å². The van der Waals surface area contributed by atoms with E-state index >= 15 is 0 Å². The summed E-state index contributed by atoms with van der Waals surface area (Å²) in [5.74, 6) is -0.327. The Balaban J connectivity index is 1.80. The van der Waals surface area contributed by atoms with E-state index in [1.807, 2.05) is 18.2 Å². The predicted octanol–water partition coefficient (Wildman–Crippen LogP) is 5.16. The van der Waals surface area contributed by atoms with Gasteiger partial charge in [0.1, 0.15) is 11.5 Å². The van der Waals surface area contributed by atoms with Gasteiger partial charge in [0.15, 0.2) is 6.29 Å². The van der Waals surface area contributed by atoms with E-state index in [0.717, 1.165) is 30.4 Å². The van der Waals surface area contributed by atoms with E-state index in [0.29, 0.717) is 30.4 Å². The molecule has 204 valence electrons. The molecule has 38 heavy (non-hydrogen) atoms. The highest BCUT2D eigenvalue weighted by atomic mass is 16.7. The molecule has 8 nitrogen and oxygen atoms in total. The minimum absolute atomic E-state index is 0.0557. The molecule has 0 unspecified atom stereocenters. The number of benzene rings is 2. The lowest BCUT2D eigenvalue weighted by Crippen LogP contribution is -2.27. The van der Waals surface area contributed by atoms with Crippen molar-refractivity contribution in [3.05, 3.63) is 72.3 Å². The monoisotopic (exact) mass is 524 g/mol. The number of esters is 2. The minimum atomic E-state index is -0.726. The number of carbonyl (C=O) groups is 2. The summed E-state index contributed by atoms with van der Waals surface area (Å²) in [5, 5.41) is 9.25. The van der Waals surface area contributed by atoms with Gasteiger partial charge in [-0.3, -0.25) is 0 Å². The molecule has 0 spiro atoms. The highest BCUT2D eigenvalue weighted by Crippen LogP contribution is 2.36. The van der Waals surface area contributed by atoms with Crippen molar-refractivity contribution < 1.29 is 38.4 Å². The average molecular weight is 525 g/mol. The Labute approximate surface area is 223 Å². The van der Waals surface area contributed by atoms with Gasteiger partial charge in [0.2, 0.25) is 0 Å². The summed E-state index contributed by atoms with van der Waals surface area (Å²) < 4.78 is 27.9. The molecular formula is C30H36O8. The Morgan fingerprint density at radius 2 is 1.61 bits per heavy atom. The first-order valence-corrected chi connectivity index (χ1v) is 12.7. The van der Waals surface area contributed by atoms with Crippen LogP contribution >= 0.6 is 0 Å². The van der Waals surface area contributed by atoms with Crippen molar-refractivity contribution >= 4 is 11.9 Å². The maximum atomic E-state index is 12.3. The van der Waals surface area contributed by atoms with Gasteiger partial charge < -0.3 is 28.8 Å². The maximum absolute atomic E-state index is 12.3. The standard InChI is InChI=1S/C30H36O8/c1-5-6-7-8-22-18-35-30(36-19-22)26-15-24(11-14-27(26)38-28(32)20(2)16-31)23-9-12-25(13-10-23)37-29(33)21(3)17-34-4/h9-15,22,30-31H,2-3,5-8,16-19H2,1,4H3. The largest absolute Gasteiger partial charge is 0.423 e. The van der Waals surface area contributed by atoms with Crippen molar-refractivity contribution in [2.45, 2.75) is 38.9 Å². The van der Waals surface area contributed by atoms with Crippen molar-refractivity contribution in [1.82, 2.24) is 0 Å². The Kier molecular flexibility index (Phi) is 11.2. The second-order valence-electron chi connectivity index (χ2n) is 9.21. The number of hydrogen-bond acceptors (Lipinski definition) is 8. The van der Waals surface area contributed by atoms with Gasteiger partial charge in [-0.05, 0) is 41.8 Å². The van der Waals surface area contributed by atoms with E-state index in [9.17, 15) is 14.7 Å². The van der Waals surface area contributed by atoms with Crippen LogP contribution in [0.2, 0.25) is 0 Å². The fourth-order valence-corrected chi connectivity index (χ4v) is 3.94. The summed E-state index contributed by atoms with van der Waals surface area (Å²) in [6.45, 7) is 10.0. The maximum Gasteiger partial charge on any atom is 0.341 e. The number of ether oxygens (including phenoxy) is 5. The lowest BCUT2D eigenvalue weighted by atomic mass is 10.00. The lowest BCUT2D eigenvalue weighted by molar-refractivity contribution is -0.206. The van der Waals surface area contributed by atoms with Crippen molar-refractivity contribution in [3.8, 4) is 22.6 Å². The van der Waals surface area contributed by atoms with Crippen LogP contribution in [0.1, 0.15) is 44.5 Å². The van der Waals surface area contributed by atoms with Crippen molar-refractivity contribution in [1.29, 1.82) is 0 Å². The summed E-state index contributed by atoms with van der Waals surface area (Å²) >= 11 is 0. The molecule has 1 aliphatic rings. The second-order valence-corrected chi connectivity index (χ2v) is 9.21. The molecule has 1 N–H and O–H groups in total. The Hall–Kier alpha value is -3.30. The van der Waals surface area contributed by atoms with Crippen LogP contribution in [0.25, 0.3) is 11.1 Å². The molecule has 0 atom stereocenters. The zero-order valence-corrected chi connectivity index (χ0v) is 22.1. The van der Waals surface area contributed by atoms with Crippen LogP contribution in [-0.2, 0) is 23.8 Å². The highest BCUT2D eigenvalue weighted by molar-refractivity contribution is 5.90. The number of carbonyl (C=O) groups excluding carboxylic acids is 2. The van der Waals surface area contributed by atoms with E-state index in [1.165, 1.54) is 13.5 Å². The molecule has 0 amide bonds. The van der Waals surface area contributed by atoms with Crippen LogP contribution in [-0.4, -0.2) is 50.6 Å². The third-order valence-electron chi connectivity index (χ3n) is 6.13. The molecule has 1 heterocycles. The fourth-order valence-electron chi connectivity index (χ4n) is 3.94. The molecule has 0 saturated carbocycles. The Morgan fingerprint density at radius 1 is 0.947 bits per heavy atom. The quantitative estimate of drug-likeness (QED) is 0.166. The van der Waals surface area contributed by atoms with Crippen molar-refractivity contribution in [3.63, 3.8) is 0 Å². The van der Waals surface area contributed by atoms with Gasteiger partial charge in [0, 0.05) is 13.0 Å². The topological polar surface area (TPSA) is 101 Å². The average Bonchev–Trinajstić information content (AvgIpc) is 2.94. The predicted molar refractivity (Wildman–Crippen MR) is 143 cm³/mol. The molecule has 1 fully saturated rings. The van der Waals surface area contributed by atoms with Gasteiger partial charge in [-0.2, -0.15) is 0 Å². The highest BCUT2D eigenvalue weighted by Gasteiger charge is 2.27. The molecule has 0 radical (unpaired) electrons. The number of methoxy groups -OCH3 is 1. The third-order valence-corrected chi connectivity index (χ3v) is 6.13. The molecule has 3 rings (SSSR count). The summed E-state index contributed by atoms with van der Waals surface area (Å²) in [4.78, 5) is 24.4. The molecule has 1 saturated heterocycles.